The third-order valence-corrected chi connectivity index (χ3v) is 6.17. The zero-order valence-corrected chi connectivity index (χ0v) is 20.4. The highest BCUT2D eigenvalue weighted by Gasteiger charge is 2.24. The molecule has 0 radical (unpaired) electrons. The number of fused-ring (bicyclic) bond motifs is 1. The zero-order chi connectivity index (χ0) is 25.8. The van der Waals surface area contributed by atoms with E-state index in [0.717, 1.165) is 29.2 Å². The lowest BCUT2D eigenvalue weighted by Crippen LogP contribution is -2.25. The molecule has 4 aromatic carbocycles. The number of hydrogen-bond donors (Lipinski definition) is 3. The lowest BCUT2D eigenvalue weighted by Gasteiger charge is -2.14. The average molecular weight is 494 g/mol. The van der Waals surface area contributed by atoms with Crippen LogP contribution >= 0.6 is 0 Å². The maximum Gasteiger partial charge on any atom is 0.262 e. The van der Waals surface area contributed by atoms with Crippen LogP contribution in [-0.4, -0.2) is 30.4 Å². The molecular weight excluding hydrogens is 466 g/mol. The molecule has 0 bridgehead atoms. The van der Waals surface area contributed by atoms with Crippen LogP contribution in [0.5, 0.6) is 5.75 Å². The molecule has 5 rings (SSSR count). The molecule has 0 unspecified atom stereocenters. The zero-order valence-electron chi connectivity index (χ0n) is 20.4. The summed E-state index contributed by atoms with van der Waals surface area (Å²) < 4.78 is 5.85. The molecule has 1 saturated carbocycles. The third-order valence-electron chi connectivity index (χ3n) is 6.17. The highest BCUT2D eigenvalue weighted by atomic mass is 16.5. The molecule has 7 heteroatoms. The molecule has 0 aliphatic heterocycles. The van der Waals surface area contributed by atoms with Crippen molar-refractivity contribution in [2.75, 3.05) is 17.2 Å². The van der Waals surface area contributed by atoms with Gasteiger partial charge in [-0.1, -0.05) is 48.5 Å². The Morgan fingerprint density at radius 3 is 2.30 bits per heavy atom. The van der Waals surface area contributed by atoms with Crippen LogP contribution in [0.2, 0.25) is 0 Å². The number of nitrogens with one attached hydrogen (secondary N) is 3. The van der Waals surface area contributed by atoms with Crippen LogP contribution in [-0.2, 0) is 4.79 Å². The van der Waals surface area contributed by atoms with Gasteiger partial charge in [-0.25, -0.2) is 0 Å². The van der Waals surface area contributed by atoms with Gasteiger partial charge in [0.1, 0.15) is 5.75 Å². The van der Waals surface area contributed by atoms with Crippen LogP contribution in [0.1, 0.15) is 39.1 Å². The first-order chi connectivity index (χ1) is 18.0. The minimum Gasteiger partial charge on any atom is -0.483 e. The molecule has 1 aliphatic carbocycles. The number of benzene rings is 4. The van der Waals surface area contributed by atoms with Crippen molar-refractivity contribution in [3.63, 3.8) is 0 Å². The number of para-hydroxylation sites is 1. The fourth-order valence-corrected chi connectivity index (χ4v) is 3.99. The molecule has 186 valence electrons. The summed E-state index contributed by atoms with van der Waals surface area (Å²) in [6.07, 6.45) is 2.00. The van der Waals surface area contributed by atoms with Gasteiger partial charge in [0.25, 0.3) is 17.7 Å². The molecule has 37 heavy (non-hydrogen) atoms. The number of rotatable bonds is 8. The van der Waals surface area contributed by atoms with Crippen molar-refractivity contribution in [1.29, 1.82) is 0 Å². The first-order valence-corrected chi connectivity index (χ1v) is 12.2. The molecule has 3 N–H and O–H groups in total. The molecule has 4 aromatic rings. The summed E-state index contributed by atoms with van der Waals surface area (Å²) in [5.41, 5.74) is 2.94. The Kier molecular flexibility index (Phi) is 6.85. The van der Waals surface area contributed by atoms with Crippen molar-refractivity contribution in [2.45, 2.75) is 25.8 Å². The van der Waals surface area contributed by atoms with E-state index in [1.165, 1.54) is 0 Å². The van der Waals surface area contributed by atoms with E-state index in [-0.39, 0.29) is 24.5 Å². The number of ether oxygens (including phenoxy) is 1. The van der Waals surface area contributed by atoms with Gasteiger partial charge in [0.2, 0.25) is 0 Å². The summed E-state index contributed by atoms with van der Waals surface area (Å²) in [7, 11) is 0. The average Bonchev–Trinajstić information content (AvgIpc) is 3.72. The van der Waals surface area contributed by atoms with Crippen LogP contribution in [0, 0.1) is 6.92 Å². The van der Waals surface area contributed by atoms with E-state index in [0.29, 0.717) is 28.3 Å². The van der Waals surface area contributed by atoms with Crippen molar-refractivity contribution < 1.29 is 19.1 Å². The Labute approximate surface area is 214 Å². The van der Waals surface area contributed by atoms with Gasteiger partial charge in [0, 0.05) is 23.0 Å². The van der Waals surface area contributed by atoms with Gasteiger partial charge in [-0.2, -0.15) is 0 Å². The largest absolute Gasteiger partial charge is 0.483 e. The predicted octanol–water partition coefficient (Wildman–Crippen LogP) is 5.31. The summed E-state index contributed by atoms with van der Waals surface area (Å²) >= 11 is 0. The second-order valence-electron chi connectivity index (χ2n) is 9.13. The normalized spacial score (nSPS) is 12.6. The van der Waals surface area contributed by atoms with Gasteiger partial charge in [-0.05, 0) is 72.5 Å². The van der Waals surface area contributed by atoms with E-state index >= 15 is 0 Å². The minimum atomic E-state index is -0.404. The molecule has 1 aliphatic rings. The fraction of sp³-hybridized carbons (Fsp3) is 0.167. The maximum atomic E-state index is 13.2. The van der Waals surface area contributed by atoms with E-state index in [4.69, 9.17) is 4.74 Å². The summed E-state index contributed by atoms with van der Waals surface area (Å²) in [6, 6.07) is 25.7. The Bertz CT molecular complexity index is 1490. The van der Waals surface area contributed by atoms with E-state index < -0.39 is 5.91 Å². The second-order valence-corrected chi connectivity index (χ2v) is 9.13. The van der Waals surface area contributed by atoms with E-state index in [1.54, 1.807) is 36.4 Å². The fourth-order valence-electron chi connectivity index (χ4n) is 3.99. The number of amides is 3. The summed E-state index contributed by atoms with van der Waals surface area (Å²) in [5.74, 6) is -0.587. The topological polar surface area (TPSA) is 96.5 Å². The number of anilines is 2. The number of aryl methyl sites for hydroxylation is 1. The van der Waals surface area contributed by atoms with Gasteiger partial charge in [0.15, 0.2) is 6.61 Å². The van der Waals surface area contributed by atoms with E-state index in [9.17, 15) is 14.4 Å². The Balaban J connectivity index is 1.31. The number of hydrogen-bond acceptors (Lipinski definition) is 4. The van der Waals surface area contributed by atoms with Crippen LogP contribution in [0.15, 0.2) is 84.9 Å². The first kappa shape index (κ1) is 24.1. The molecule has 7 nitrogen and oxygen atoms in total. The van der Waals surface area contributed by atoms with Crippen molar-refractivity contribution >= 4 is 39.9 Å². The molecule has 0 heterocycles. The Hall–Kier alpha value is -4.65. The first-order valence-electron chi connectivity index (χ1n) is 12.2. The van der Waals surface area contributed by atoms with Gasteiger partial charge in [-0.3, -0.25) is 14.4 Å². The number of carbonyl (C=O) groups is 3. The molecule has 3 amide bonds. The van der Waals surface area contributed by atoms with Crippen LogP contribution in [0.4, 0.5) is 11.4 Å². The molecule has 0 aromatic heterocycles. The molecule has 0 spiro atoms. The molecule has 0 saturated heterocycles. The van der Waals surface area contributed by atoms with Crippen molar-refractivity contribution in [1.82, 2.24) is 5.32 Å². The molecular formula is C30H27N3O4. The van der Waals surface area contributed by atoms with Crippen LogP contribution in [0.25, 0.3) is 10.8 Å². The van der Waals surface area contributed by atoms with Crippen molar-refractivity contribution in [2.24, 2.45) is 0 Å². The smallest absolute Gasteiger partial charge is 0.262 e. The Morgan fingerprint density at radius 1 is 0.811 bits per heavy atom. The van der Waals surface area contributed by atoms with E-state index in [1.807, 2.05) is 55.5 Å². The van der Waals surface area contributed by atoms with Crippen molar-refractivity contribution in [3.8, 4) is 5.75 Å². The highest BCUT2D eigenvalue weighted by molar-refractivity contribution is 6.09. The standard InChI is InChI=1S/C30H27N3O4/c1-19-7-2-5-12-26(19)33-30(36)25-16-20-8-3-4-9-21(20)17-27(25)37-18-28(34)31-24-11-6-10-22(15-24)29(35)32-23-13-14-23/h2-12,15-17,23H,13-14,18H2,1H3,(H,31,34)(H,32,35)(H,33,36). The van der Waals surface area contributed by atoms with Crippen LogP contribution < -0.4 is 20.7 Å². The minimum absolute atomic E-state index is 0.157. The Morgan fingerprint density at radius 2 is 1.54 bits per heavy atom. The summed E-state index contributed by atoms with van der Waals surface area (Å²) in [6.45, 7) is 1.61. The SMILES string of the molecule is Cc1ccccc1NC(=O)c1cc2ccccc2cc1OCC(=O)Nc1cccc(C(=O)NC2CC2)c1. The van der Waals surface area contributed by atoms with Gasteiger partial charge in [0.05, 0.1) is 5.56 Å². The number of carbonyl (C=O) groups excluding carboxylic acids is 3. The monoisotopic (exact) mass is 493 g/mol. The predicted molar refractivity (Wildman–Crippen MR) is 144 cm³/mol. The lowest BCUT2D eigenvalue weighted by molar-refractivity contribution is -0.118. The highest BCUT2D eigenvalue weighted by Crippen LogP contribution is 2.28. The summed E-state index contributed by atoms with van der Waals surface area (Å²) in [4.78, 5) is 38.2. The van der Waals surface area contributed by atoms with Gasteiger partial charge in [-0.15, -0.1) is 0 Å². The van der Waals surface area contributed by atoms with E-state index in [2.05, 4.69) is 16.0 Å². The quantitative estimate of drug-likeness (QED) is 0.310. The maximum absolute atomic E-state index is 13.2. The van der Waals surface area contributed by atoms with Gasteiger partial charge >= 0.3 is 0 Å². The van der Waals surface area contributed by atoms with Gasteiger partial charge < -0.3 is 20.7 Å². The second kappa shape index (κ2) is 10.5. The van der Waals surface area contributed by atoms with Crippen LogP contribution in [0.3, 0.4) is 0 Å². The lowest BCUT2D eigenvalue weighted by atomic mass is 10.0. The summed E-state index contributed by atoms with van der Waals surface area (Å²) in [5, 5.41) is 10.4. The molecule has 1 fully saturated rings. The molecule has 0 atom stereocenters. The third kappa shape index (κ3) is 5.95. The van der Waals surface area contributed by atoms with Crippen molar-refractivity contribution in [3.05, 3.63) is 102 Å².